The van der Waals surface area contributed by atoms with Gasteiger partial charge in [-0.15, -0.1) is 0 Å². The molecule has 3 aromatic carbocycles. The first-order valence-electron chi connectivity index (χ1n) is 14.4. The van der Waals surface area contributed by atoms with Crippen LogP contribution in [0.3, 0.4) is 0 Å². The molecule has 1 amide bonds. The molecule has 1 fully saturated rings. The highest BCUT2D eigenvalue weighted by Crippen LogP contribution is 2.33. The Labute approximate surface area is 258 Å². The topological polar surface area (TPSA) is 113 Å². The van der Waals surface area contributed by atoms with Crippen LogP contribution in [0, 0.1) is 0 Å². The lowest BCUT2D eigenvalue weighted by atomic mass is 9.97. The summed E-state index contributed by atoms with van der Waals surface area (Å²) >= 11 is 0. The summed E-state index contributed by atoms with van der Waals surface area (Å²) < 4.78 is 53.5. The second kappa shape index (κ2) is 15.2. The fourth-order valence-electron chi connectivity index (χ4n) is 5.13. The number of carbonyl (C=O) groups excluding carboxylic acids is 1. The minimum absolute atomic E-state index is 0.0145. The molecular formula is C34H36N2O7S. The largest absolute Gasteiger partial charge is 0.374 e. The van der Waals surface area contributed by atoms with Crippen molar-refractivity contribution in [3.05, 3.63) is 132 Å². The normalized spacial score (nSPS) is 21.9. The Morgan fingerprint density at radius 1 is 0.750 bits per heavy atom. The number of benzene rings is 3. The van der Waals surface area contributed by atoms with E-state index >= 15 is 0 Å². The standard InChI is InChI=1S/C34H36N2O7S/c1-25(37)36-31-33(42-23-28-17-9-4-10-18-28)32(41-22-27-15-7-3-8-16-27)29(24-40-21-26-13-5-2-6-14-26)43-34(31)44(38,39)30-19-11-12-20-35-30/h2-20,29,31-34H,21-24H2,1H3,(H,36,37)/t29-,31-,32+,33-,34-/m1/s1. The van der Waals surface area contributed by atoms with Gasteiger partial charge < -0.3 is 24.3 Å². The van der Waals surface area contributed by atoms with Crippen LogP contribution in [-0.2, 0) is 53.4 Å². The zero-order valence-electron chi connectivity index (χ0n) is 24.4. The summed E-state index contributed by atoms with van der Waals surface area (Å²) in [5, 5.41) is 2.64. The smallest absolute Gasteiger partial charge is 0.224 e. The van der Waals surface area contributed by atoms with Gasteiger partial charge in [0.1, 0.15) is 18.3 Å². The number of amides is 1. The molecule has 0 bridgehead atoms. The lowest BCUT2D eigenvalue weighted by Gasteiger charge is -2.46. The molecule has 0 spiro atoms. The number of hydrogen-bond donors (Lipinski definition) is 1. The van der Waals surface area contributed by atoms with Crippen molar-refractivity contribution < 1.29 is 32.2 Å². The molecule has 4 aromatic rings. The van der Waals surface area contributed by atoms with Gasteiger partial charge in [-0.3, -0.25) is 4.79 Å². The van der Waals surface area contributed by atoms with E-state index in [1.165, 1.54) is 19.2 Å². The predicted molar refractivity (Wildman–Crippen MR) is 164 cm³/mol. The van der Waals surface area contributed by atoms with Gasteiger partial charge >= 0.3 is 0 Å². The first-order valence-corrected chi connectivity index (χ1v) is 16.0. The Kier molecular flexibility index (Phi) is 10.9. The molecule has 10 heteroatoms. The molecule has 2 heterocycles. The van der Waals surface area contributed by atoms with Crippen molar-refractivity contribution >= 4 is 15.7 Å². The summed E-state index contributed by atoms with van der Waals surface area (Å²) in [6.45, 7) is 1.99. The van der Waals surface area contributed by atoms with Gasteiger partial charge in [-0.1, -0.05) is 97.1 Å². The van der Waals surface area contributed by atoms with E-state index in [9.17, 15) is 13.2 Å². The highest BCUT2D eigenvalue weighted by Gasteiger charge is 2.53. The van der Waals surface area contributed by atoms with Crippen LogP contribution in [0.15, 0.2) is 120 Å². The monoisotopic (exact) mass is 616 g/mol. The molecule has 44 heavy (non-hydrogen) atoms. The van der Waals surface area contributed by atoms with Gasteiger partial charge in [-0.25, -0.2) is 13.4 Å². The number of nitrogens with zero attached hydrogens (tertiary/aromatic N) is 1. The highest BCUT2D eigenvalue weighted by molar-refractivity contribution is 7.91. The minimum atomic E-state index is -4.21. The van der Waals surface area contributed by atoms with Crippen LogP contribution < -0.4 is 5.32 Å². The average Bonchev–Trinajstić information content (AvgIpc) is 3.05. The molecule has 0 aliphatic carbocycles. The zero-order chi connectivity index (χ0) is 30.8. The number of ether oxygens (including phenoxy) is 4. The van der Waals surface area contributed by atoms with Gasteiger partial charge in [0.2, 0.25) is 15.7 Å². The predicted octanol–water partition coefficient (Wildman–Crippen LogP) is 4.47. The van der Waals surface area contributed by atoms with E-state index in [1.807, 2.05) is 91.0 Å². The number of pyridine rings is 1. The quantitative estimate of drug-likeness (QED) is 0.234. The lowest BCUT2D eigenvalue weighted by Crippen LogP contribution is -2.67. The van der Waals surface area contributed by atoms with E-state index in [1.54, 1.807) is 12.1 Å². The van der Waals surface area contributed by atoms with Crippen LogP contribution in [0.1, 0.15) is 23.6 Å². The molecular weight excluding hydrogens is 580 g/mol. The number of rotatable bonds is 13. The number of nitrogens with one attached hydrogen (secondary N) is 1. The number of carbonyl (C=O) groups is 1. The number of aromatic nitrogens is 1. The van der Waals surface area contributed by atoms with Gasteiger partial charge in [0.25, 0.3) is 0 Å². The van der Waals surface area contributed by atoms with Crippen molar-refractivity contribution in [3.63, 3.8) is 0 Å². The van der Waals surface area contributed by atoms with Gasteiger partial charge in [0.15, 0.2) is 10.5 Å². The van der Waals surface area contributed by atoms with Crippen molar-refractivity contribution in [1.29, 1.82) is 0 Å². The maximum Gasteiger partial charge on any atom is 0.224 e. The fraction of sp³-hybridized carbons (Fsp3) is 0.294. The Bertz CT molecular complexity index is 1560. The molecule has 5 rings (SSSR count). The third kappa shape index (κ3) is 8.16. The Morgan fingerprint density at radius 3 is 1.80 bits per heavy atom. The van der Waals surface area contributed by atoms with Crippen molar-refractivity contribution in [3.8, 4) is 0 Å². The molecule has 0 radical (unpaired) electrons. The number of sulfone groups is 1. The summed E-state index contributed by atoms with van der Waals surface area (Å²) in [5.74, 6) is -0.436. The first kappa shape index (κ1) is 31.5. The molecule has 1 aliphatic rings. The highest BCUT2D eigenvalue weighted by atomic mass is 32.2. The van der Waals surface area contributed by atoms with Crippen LogP contribution in [0.5, 0.6) is 0 Å². The van der Waals surface area contributed by atoms with Crippen molar-refractivity contribution in [2.24, 2.45) is 0 Å². The van der Waals surface area contributed by atoms with E-state index < -0.39 is 45.5 Å². The van der Waals surface area contributed by atoms with Crippen LogP contribution in [0.2, 0.25) is 0 Å². The molecule has 1 aromatic heterocycles. The van der Waals surface area contributed by atoms with E-state index in [4.69, 9.17) is 18.9 Å². The van der Waals surface area contributed by atoms with Crippen LogP contribution in [0.25, 0.3) is 0 Å². The van der Waals surface area contributed by atoms with E-state index in [2.05, 4.69) is 10.3 Å². The fourth-order valence-corrected chi connectivity index (χ4v) is 6.74. The van der Waals surface area contributed by atoms with Gasteiger partial charge in [0, 0.05) is 13.1 Å². The molecule has 1 aliphatic heterocycles. The summed E-state index contributed by atoms with van der Waals surface area (Å²) in [7, 11) is -4.21. The van der Waals surface area contributed by atoms with Crippen LogP contribution >= 0.6 is 0 Å². The van der Waals surface area contributed by atoms with E-state index in [0.717, 1.165) is 16.7 Å². The van der Waals surface area contributed by atoms with Crippen molar-refractivity contribution in [1.82, 2.24) is 10.3 Å². The molecule has 0 unspecified atom stereocenters. The van der Waals surface area contributed by atoms with Crippen LogP contribution in [-0.4, -0.2) is 55.7 Å². The second-order valence-corrected chi connectivity index (χ2v) is 12.5. The third-order valence-electron chi connectivity index (χ3n) is 7.22. The molecule has 1 saturated heterocycles. The average molecular weight is 617 g/mol. The summed E-state index contributed by atoms with van der Waals surface area (Å²) in [4.78, 5) is 16.6. The van der Waals surface area contributed by atoms with Crippen LogP contribution in [0.4, 0.5) is 0 Å². The molecule has 9 nitrogen and oxygen atoms in total. The Balaban J connectivity index is 1.51. The molecule has 5 atom stereocenters. The minimum Gasteiger partial charge on any atom is -0.374 e. The Hall–Kier alpha value is -3.93. The maximum atomic E-state index is 14.0. The SMILES string of the molecule is CC(=O)N[C@@H]1[C@@H](OCc2ccccc2)[C@@H](OCc2ccccc2)[C@@H](COCc2ccccc2)O[C@@H]1S(=O)(=O)c1ccccn1. The summed E-state index contributed by atoms with van der Waals surface area (Å²) in [6.07, 6.45) is -1.19. The van der Waals surface area contributed by atoms with Gasteiger partial charge in [0.05, 0.1) is 32.5 Å². The van der Waals surface area contributed by atoms with E-state index in [-0.39, 0.29) is 31.5 Å². The van der Waals surface area contributed by atoms with E-state index in [0.29, 0.717) is 0 Å². The van der Waals surface area contributed by atoms with Crippen molar-refractivity contribution in [2.45, 2.75) is 61.6 Å². The molecule has 230 valence electrons. The third-order valence-corrected chi connectivity index (χ3v) is 9.06. The zero-order valence-corrected chi connectivity index (χ0v) is 25.2. The second-order valence-electron chi connectivity index (χ2n) is 10.5. The maximum absolute atomic E-state index is 14.0. The van der Waals surface area contributed by atoms with Gasteiger partial charge in [-0.2, -0.15) is 0 Å². The molecule has 0 saturated carbocycles. The lowest BCUT2D eigenvalue weighted by molar-refractivity contribution is -0.217. The summed E-state index contributed by atoms with van der Waals surface area (Å²) in [5.41, 5.74) is 1.22. The van der Waals surface area contributed by atoms with Gasteiger partial charge in [-0.05, 0) is 28.8 Å². The number of hydrogen-bond acceptors (Lipinski definition) is 8. The summed E-state index contributed by atoms with van der Waals surface area (Å²) in [6, 6.07) is 32.3. The molecule has 1 N–H and O–H groups in total. The Morgan fingerprint density at radius 2 is 1.27 bits per heavy atom. The van der Waals surface area contributed by atoms with Crippen molar-refractivity contribution in [2.75, 3.05) is 6.61 Å². The first-order chi connectivity index (χ1) is 21.4.